The molecule has 2 heterocycles. The topological polar surface area (TPSA) is 24.5 Å². The van der Waals surface area contributed by atoms with Crippen molar-refractivity contribution in [2.75, 3.05) is 39.4 Å². The normalized spacial score (nSPS) is 26.3. The zero-order valence-corrected chi connectivity index (χ0v) is 12.7. The SMILES string of the molecule is CC(C)=CCN1CCC(NCC2CCCOC2)CC1. The van der Waals surface area contributed by atoms with Crippen molar-refractivity contribution in [2.45, 2.75) is 45.6 Å². The van der Waals surface area contributed by atoms with E-state index in [9.17, 15) is 0 Å². The van der Waals surface area contributed by atoms with Gasteiger partial charge in [-0.3, -0.25) is 4.90 Å². The maximum Gasteiger partial charge on any atom is 0.0506 e. The van der Waals surface area contributed by atoms with Crippen molar-refractivity contribution in [3.63, 3.8) is 0 Å². The molecule has 0 spiro atoms. The number of nitrogens with one attached hydrogen (secondary N) is 1. The molecular formula is C16H30N2O. The van der Waals surface area contributed by atoms with Gasteiger partial charge in [0, 0.05) is 25.7 Å². The Labute approximate surface area is 118 Å². The van der Waals surface area contributed by atoms with Crippen LogP contribution in [0.4, 0.5) is 0 Å². The Balaban J connectivity index is 1.59. The maximum atomic E-state index is 5.54. The molecule has 0 saturated carbocycles. The van der Waals surface area contributed by atoms with Gasteiger partial charge in [-0.1, -0.05) is 11.6 Å². The van der Waals surface area contributed by atoms with Gasteiger partial charge in [0.2, 0.25) is 0 Å². The summed E-state index contributed by atoms with van der Waals surface area (Å²) in [5.41, 5.74) is 1.43. The third kappa shape index (κ3) is 5.64. The summed E-state index contributed by atoms with van der Waals surface area (Å²) in [5.74, 6) is 0.748. The van der Waals surface area contributed by atoms with Crippen LogP contribution in [0.1, 0.15) is 39.5 Å². The Morgan fingerprint density at radius 3 is 2.68 bits per heavy atom. The van der Waals surface area contributed by atoms with Crippen molar-refractivity contribution < 1.29 is 4.74 Å². The molecule has 1 unspecified atom stereocenters. The number of rotatable bonds is 5. The standard InChI is InChI=1S/C16H30N2O/c1-14(2)5-8-18-9-6-16(7-10-18)17-12-15-4-3-11-19-13-15/h5,15-17H,3-4,6-13H2,1-2H3. The highest BCUT2D eigenvalue weighted by Gasteiger charge is 2.20. The van der Waals surface area contributed by atoms with E-state index in [1.54, 1.807) is 0 Å². The Morgan fingerprint density at radius 2 is 2.05 bits per heavy atom. The molecule has 2 saturated heterocycles. The summed E-state index contributed by atoms with van der Waals surface area (Å²) in [5, 5.41) is 3.75. The van der Waals surface area contributed by atoms with Crippen molar-refractivity contribution in [3.8, 4) is 0 Å². The highest BCUT2D eigenvalue weighted by atomic mass is 16.5. The summed E-state index contributed by atoms with van der Waals surface area (Å²) in [4.78, 5) is 2.56. The lowest BCUT2D eigenvalue weighted by atomic mass is 10.00. The predicted octanol–water partition coefficient (Wildman–Crippen LogP) is 2.43. The molecule has 1 N–H and O–H groups in total. The number of nitrogens with zero attached hydrogens (tertiary/aromatic N) is 1. The average molecular weight is 266 g/mol. The van der Waals surface area contributed by atoms with Crippen LogP contribution in [0.25, 0.3) is 0 Å². The fourth-order valence-corrected chi connectivity index (χ4v) is 2.93. The second-order valence-corrected chi connectivity index (χ2v) is 6.35. The molecule has 0 aromatic heterocycles. The van der Waals surface area contributed by atoms with Crippen LogP contribution < -0.4 is 5.32 Å². The van der Waals surface area contributed by atoms with Crippen molar-refractivity contribution in [1.29, 1.82) is 0 Å². The molecule has 0 aliphatic carbocycles. The van der Waals surface area contributed by atoms with Gasteiger partial charge in [-0.05, 0) is 58.5 Å². The summed E-state index contributed by atoms with van der Waals surface area (Å²) in [6, 6.07) is 0.727. The molecule has 3 heteroatoms. The zero-order chi connectivity index (χ0) is 13.5. The molecule has 0 amide bonds. The molecule has 3 nitrogen and oxygen atoms in total. The molecule has 2 aliphatic heterocycles. The van der Waals surface area contributed by atoms with Gasteiger partial charge in [-0.2, -0.15) is 0 Å². The first-order valence-corrected chi connectivity index (χ1v) is 7.91. The monoisotopic (exact) mass is 266 g/mol. The fourth-order valence-electron chi connectivity index (χ4n) is 2.93. The number of hydrogen-bond acceptors (Lipinski definition) is 3. The van der Waals surface area contributed by atoms with Gasteiger partial charge < -0.3 is 10.1 Å². The minimum Gasteiger partial charge on any atom is -0.381 e. The van der Waals surface area contributed by atoms with E-state index in [4.69, 9.17) is 4.74 Å². The molecule has 2 aliphatic rings. The Kier molecular flexibility index (Phi) is 6.35. The molecule has 2 rings (SSSR count). The number of hydrogen-bond donors (Lipinski definition) is 1. The summed E-state index contributed by atoms with van der Waals surface area (Å²) in [7, 11) is 0. The van der Waals surface area contributed by atoms with Gasteiger partial charge in [0.05, 0.1) is 6.61 Å². The molecule has 1 atom stereocenters. The molecule has 19 heavy (non-hydrogen) atoms. The van der Waals surface area contributed by atoms with Crippen molar-refractivity contribution in [3.05, 3.63) is 11.6 Å². The van der Waals surface area contributed by atoms with E-state index < -0.39 is 0 Å². The number of piperidine rings is 1. The van der Waals surface area contributed by atoms with Crippen LogP contribution in [0, 0.1) is 5.92 Å². The second-order valence-electron chi connectivity index (χ2n) is 6.35. The lowest BCUT2D eigenvalue weighted by Gasteiger charge is -2.33. The van der Waals surface area contributed by atoms with Gasteiger partial charge >= 0.3 is 0 Å². The van der Waals surface area contributed by atoms with Crippen LogP contribution in [0.5, 0.6) is 0 Å². The molecule has 0 radical (unpaired) electrons. The Hall–Kier alpha value is -0.380. The molecule has 0 aromatic rings. The largest absolute Gasteiger partial charge is 0.381 e. The number of allylic oxidation sites excluding steroid dienone is 1. The van der Waals surface area contributed by atoms with E-state index in [0.29, 0.717) is 0 Å². The molecular weight excluding hydrogens is 236 g/mol. The van der Waals surface area contributed by atoms with E-state index >= 15 is 0 Å². The van der Waals surface area contributed by atoms with E-state index in [1.807, 2.05) is 0 Å². The van der Waals surface area contributed by atoms with E-state index in [0.717, 1.165) is 38.3 Å². The van der Waals surface area contributed by atoms with Gasteiger partial charge in [0.1, 0.15) is 0 Å². The van der Waals surface area contributed by atoms with Gasteiger partial charge in [-0.25, -0.2) is 0 Å². The third-order valence-electron chi connectivity index (χ3n) is 4.30. The van der Waals surface area contributed by atoms with Crippen molar-refractivity contribution >= 4 is 0 Å². The fraction of sp³-hybridized carbons (Fsp3) is 0.875. The first-order chi connectivity index (χ1) is 9.24. The minimum atomic E-state index is 0.727. The van der Waals surface area contributed by atoms with E-state index in [2.05, 4.69) is 30.1 Å². The Morgan fingerprint density at radius 1 is 1.26 bits per heavy atom. The maximum absolute atomic E-state index is 5.54. The highest BCUT2D eigenvalue weighted by Crippen LogP contribution is 2.15. The molecule has 0 bridgehead atoms. The van der Waals surface area contributed by atoms with Crippen LogP contribution in [-0.4, -0.2) is 50.3 Å². The van der Waals surface area contributed by atoms with E-state index in [-0.39, 0.29) is 0 Å². The van der Waals surface area contributed by atoms with Crippen molar-refractivity contribution in [1.82, 2.24) is 10.2 Å². The van der Waals surface area contributed by atoms with Crippen LogP contribution in [0.15, 0.2) is 11.6 Å². The Bertz CT molecular complexity index is 272. The van der Waals surface area contributed by atoms with Crippen LogP contribution in [-0.2, 0) is 4.74 Å². The zero-order valence-electron chi connectivity index (χ0n) is 12.7. The van der Waals surface area contributed by atoms with E-state index in [1.165, 1.54) is 44.3 Å². The van der Waals surface area contributed by atoms with Gasteiger partial charge in [-0.15, -0.1) is 0 Å². The van der Waals surface area contributed by atoms with Crippen LogP contribution in [0.2, 0.25) is 0 Å². The smallest absolute Gasteiger partial charge is 0.0506 e. The van der Waals surface area contributed by atoms with Crippen LogP contribution >= 0.6 is 0 Å². The van der Waals surface area contributed by atoms with Gasteiger partial charge in [0.25, 0.3) is 0 Å². The summed E-state index contributed by atoms with van der Waals surface area (Å²) < 4.78 is 5.54. The molecule has 0 aromatic carbocycles. The minimum absolute atomic E-state index is 0.727. The summed E-state index contributed by atoms with van der Waals surface area (Å²) in [6.45, 7) is 11.1. The number of likely N-dealkylation sites (tertiary alicyclic amines) is 1. The molecule has 110 valence electrons. The average Bonchev–Trinajstić information content (AvgIpc) is 2.45. The first kappa shape index (κ1) is 15.0. The third-order valence-corrected chi connectivity index (χ3v) is 4.30. The summed E-state index contributed by atoms with van der Waals surface area (Å²) in [6.07, 6.45) is 7.52. The number of ether oxygens (including phenoxy) is 1. The second kappa shape index (κ2) is 8.03. The summed E-state index contributed by atoms with van der Waals surface area (Å²) >= 11 is 0. The lowest BCUT2D eigenvalue weighted by Crippen LogP contribution is -2.44. The quantitative estimate of drug-likeness (QED) is 0.774. The lowest BCUT2D eigenvalue weighted by molar-refractivity contribution is 0.0526. The van der Waals surface area contributed by atoms with Gasteiger partial charge in [0.15, 0.2) is 0 Å². The van der Waals surface area contributed by atoms with Crippen molar-refractivity contribution in [2.24, 2.45) is 5.92 Å². The first-order valence-electron chi connectivity index (χ1n) is 7.91. The highest BCUT2D eigenvalue weighted by molar-refractivity contribution is 4.95. The predicted molar refractivity (Wildman–Crippen MR) is 80.4 cm³/mol. The molecule has 2 fully saturated rings. The van der Waals surface area contributed by atoms with Crippen LogP contribution in [0.3, 0.4) is 0 Å².